The SMILES string of the molecule is Cn1nccc1-c1cccc(NCC(O)CO)c1. The van der Waals surface area contributed by atoms with Gasteiger partial charge in [0, 0.05) is 31.0 Å². The molecule has 1 aromatic heterocycles. The molecule has 0 spiro atoms. The number of nitrogens with zero attached hydrogens (tertiary/aromatic N) is 2. The van der Waals surface area contributed by atoms with Crippen LogP contribution >= 0.6 is 0 Å². The summed E-state index contributed by atoms with van der Waals surface area (Å²) in [5.74, 6) is 0. The molecule has 0 amide bonds. The Hall–Kier alpha value is -1.85. The van der Waals surface area contributed by atoms with Gasteiger partial charge in [0.2, 0.25) is 0 Å². The summed E-state index contributed by atoms with van der Waals surface area (Å²) in [6, 6.07) is 9.80. The lowest BCUT2D eigenvalue weighted by Gasteiger charge is -2.11. The van der Waals surface area contributed by atoms with Crippen LogP contribution in [0.15, 0.2) is 36.5 Å². The van der Waals surface area contributed by atoms with Gasteiger partial charge in [-0.2, -0.15) is 5.10 Å². The molecule has 0 aliphatic carbocycles. The van der Waals surface area contributed by atoms with E-state index in [1.54, 1.807) is 6.20 Å². The summed E-state index contributed by atoms with van der Waals surface area (Å²) in [6.07, 6.45) is 1.01. The number of aromatic nitrogens is 2. The van der Waals surface area contributed by atoms with Gasteiger partial charge in [-0.3, -0.25) is 4.68 Å². The van der Waals surface area contributed by atoms with Crippen molar-refractivity contribution in [2.24, 2.45) is 7.05 Å². The fourth-order valence-electron chi connectivity index (χ4n) is 1.75. The average Bonchev–Trinajstić information content (AvgIpc) is 2.82. The Labute approximate surface area is 106 Å². The Kier molecular flexibility index (Phi) is 3.96. The topological polar surface area (TPSA) is 70.3 Å². The highest BCUT2D eigenvalue weighted by Gasteiger charge is 2.04. The van der Waals surface area contributed by atoms with Crippen LogP contribution in [0.4, 0.5) is 5.69 Å². The van der Waals surface area contributed by atoms with Gasteiger partial charge in [0.05, 0.1) is 18.4 Å². The summed E-state index contributed by atoms with van der Waals surface area (Å²) in [6.45, 7) is 0.0831. The van der Waals surface area contributed by atoms with Gasteiger partial charge >= 0.3 is 0 Å². The lowest BCUT2D eigenvalue weighted by atomic mass is 10.1. The number of hydrogen-bond donors (Lipinski definition) is 3. The zero-order valence-electron chi connectivity index (χ0n) is 10.2. The van der Waals surface area contributed by atoms with Crippen LogP contribution < -0.4 is 5.32 Å². The van der Waals surface area contributed by atoms with Crippen LogP contribution in [0.25, 0.3) is 11.3 Å². The van der Waals surface area contributed by atoms with Crippen molar-refractivity contribution >= 4 is 5.69 Å². The van der Waals surface area contributed by atoms with Crippen molar-refractivity contribution in [3.05, 3.63) is 36.5 Å². The number of aryl methyl sites for hydroxylation is 1. The lowest BCUT2D eigenvalue weighted by molar-refractivity contribution is 0.105. The monoisotopic (exact) mass is 247 g/mol. The highest BCUT2D eigenvalue weighted by molar-refractivity contribution is 5.65. The van der Waals surface area contributed by atoms with Crippen LogP contribution in [-0.4, -0.2) is 39.2 Å². The molecule has 1 unspecified atom stereocenters. The minimum Gasteiger partial charge on any atom is -0.394 e. The summed E-state index contributed by atoms with van der Waals surface area (Å²) >= 11 is 0. The maximum Gasteiger partial charge on any atom is 0.0942 e. The van der Waals surface area contributed by atoms with Crippen molar-refractivity contribution in [2.45, 2.75) is 6.10 Å². The van der Waals surface area contributed by atoms with Crippen LogP contribution in [0, 0.1) is 0 Å². The molecule has 0 fully saturated rings. The van der Waals surface area contributed by atoms with Crippen molar-refractivity contribution in [1.29, 1.82) is 0 Å². The Morgan fingerprint density at radius 3 is 2.89 bits per heavy atom. The molecular weight excluding hydrogens is 230 g/mol. The van der Waals surface area contributed by atoms with Gasteiger partial charge in [0.25, 0.3) is 0 Å². The van der Waals surface area contributed by atoms with Crippen molar-refractivity contribution in [3.63, 3.8) is 0 Å². The molecule has 0 aliphatic heterocycles. The number of hydrogen-bond acceptors (Lipinski definition) is 4. The second-order valence-electron chi connectivity index (χ2n) is 4.14. The fourth-order valence-corrected chi connectivity index (χ4v) is 1.75. The van der Waals surface area contributed by atoms with Gasteiger partial charge in [-0.1, -0.05) is 12.1 Å². The van der Waals surface area contributed by atoms with Crippen LogP contribution in [0.3, 0.4) is 0 Å². The number of benzene rings is 1. The quantitative estimate of drug-likeness (QED) is 0.732. The Morgan fingerprint density at radius 2 is 2.22 bits per heavy atom. The standard InChI is InChI=1S/C13H17N3O2/c1-16-13(5-6-15-16)10-3-2-4-11(7-10)14-8-12(18)9-17/h2-7,12,14,17-18H,8-9H2,1H3. The molecule has 3 N–H and O–H groups in total. The number of anilines is 1. The summed E-state index contributed by atoms with van der Waals surface area (Å²) < 4.78 is 1.81. The molecule has 0 bridgehead atoms. The Morgan fingerprint density at radius 1 is 1.39 bits per heavy atom. The van der Waals surface area contributed by atoms with E-state index in [2.05, 4.69) is 10.4 Å². The largest absolute Gasteiger partial charge is 0.394 e. The van der Waals surface area contributed by atoms with E-state index in [0.717, 1.165) is 16.9 Å². The van der Waals surface area contributed by atoms with E-state index in [9.17, 15) is 5.11 Å². The lowest BCUT2D eigenvalue weighted by Crippen LogP contribution is -2.22. The molecule has 0 radical (unpaired) electrons. The molecule has 1 aromatic carbocycles. The van der Waals surface area contributed by atoms with Crippen molar-refractivity contribution in [1.82, 2.24) is 9.78 Å². The molecule has 5 heteroatoms. The van der Waals surface area contributed by atoms with E-state index in [0.29, 0.717) is 6.54 Å². The Balaban J connectivity index is 2.13. The molecule has 5 nitrogen and oxygen atoms in total. The van der Waals surface area contributed by atoms with Crippen LogP contribution in [0.1, 0.15) is 0 Å². The molecule has 0 aliphatic rings. The highest BCUT2D eigenvalue weighted by Crippen LogP contribution is 2.21. The first kappa shape index (κ1) is 12.6. The van der Waals surface area contributed by atoms with Gasteiger partial charge in [-0.05, 0) is 18.2 Å². The predicted octanol–water partition coefficient (Wildman–Crippen LogP) is 0.852. The van der Waals surface area contributed by atoms with Crippen LogP contribution in [-0.2, 0) is 7.05 Å². The zero-order chi connectivity index (χ0) is 13.0. The third kappa shape index (κ3) is 2.88. The fraction of sp³-hybridized carbons (Fsp3) is 0.308. The molecule has 18 heavy (non-hydrogen) atoms. The first-order valence-electron chi connectivity index (χ1n) is 5.82. The van der Waals surface area contributed by atoms with Crippen LogP contribution in [0.2, 0.25) is 0 Å². The second kappa shape index (κ2) is 5.66. The van der Waals surface area contributed by atoms with Gasteiger partial charge in [0.15, 0.2) is 0 Å². The minimum atomic E-state index is -0.745. The smallest absolute Gasteiger partial charge is 0.0942 e. The van der Waals surface area contributed by atoms with Crippen molar-refractivity contribution in [3.8, 4) is 11.3 Å². The highest BCUT2D eigenvalue weighted by atomic mass is 16.3. The van der Waals surface area contributed by atoms with E-state index in [4.69, 9.17) is 5.11 Å². The number of nitrogens with one attached hydrogen (secondary N) is 1. The number of rotatable bonds is 5. The maximum absolute atomic E-state index is 9.29. The van der Waals surface area contributed by atoms with Gasteiger partial charge in [-0.25, -0.2) is 0 Å². The molecule has 1 atom stereocenters. The normalized spacial score (nSPS) is 12.4. The zero-order valence-corrected chi connectivity index (χ0v) is 10.2. The van der Waals surface area contributed by atoms with Gasteiger partial charge in [0.1, 0.15) is 0 Å². The van der Waals surface area contributed by atoms with E-state index < -0.39 is 6.10 Å². The summed E-state index contributed by atoms with van der Waals surface area (Å²) in [5, 5.41) is 25.3. The average molecular weight is 247 g/mol. The van der Waals surface area contributed by atoms with Crippen LogP contribution in [0.5, 0.6) is 0 Å². The molecule has 0 saturated carbocycles. The van der Waals surface area contributed by atoms with Gasteiger partial charge < -0.3 is 15.5 Å². The molecule has 96 valence electrons. The van der Waals surface area contributed by atoms with E-state index in [-0.39, 0.29) is 6.61 Å². The second-order valence-corrected chi connectivity index (χ2v) is 4.14. The molecule has 0 saturated heterocycles. The summed E-state index contributed by atoms with van der Waals surface area (Å²) in [7, 11) is 1.89. The first-order chi connectivity index (χ1) is 8.70. The van der Waals surface area contributed by atoms with Gasteiger partial charge in [-0.15, -0.1) is 0 Å². The molecule has 2 rings (SSSR count). The third-order valence-corrected chi connectivity index (χ3v) is 2.73. The third-order valence-electron chi connectivity index (χ3n) is 2.73. The molecule has 2 aromatic rings. The number of aliphatic hydroxyl groups is 2. The molecule has 1 heterocycles. The van der Waals surface area contributed by atoms with Crippen molar-refractivity contribution < 1.29 is 10.2 Å². The van der Waals surface area contributed by atoms with E-state index in [1.807, 2.05) is 42.1 Å². The van der Waals surface area contributed by atoms with Crippen molar-refractivity contribution in [2.75, 3.05) is 18.5 Å². The maximum atomic E-state index is 9.29. The predicted molar refractivity (Wildman–Crippen MR) is 70.2 cm³/mol. The summed E-state index contributed by atoms with van der Waals surface area (Å²) in [4.78, 5) is 0. The van der Waals surface area contributed by atoms with E-state index >= 15 is 0 Å². The Bertz CT molecular complexity index is 510. The van der Waals surface area contributed by atoms with E-state index in [1.165, 1.54) is 0 Å². The summed E-state index contributed by atoms with van der Waals surface area (Å²) in [5.41, 5.74) is 2.99. The molecular formula is C13H17N3O2. The first-order valence-corrected chi connectivity index (χ1v) is 5.82. The minimum absolute atomic E-state index is 0.242. The number of aliphatic hydroxyl groups excluding tert-OH is 2.